The summed E-state index contributed by atoms with van der Waals surface area (Å²) in [7, 11) is 1.88. The predicted molar refractivity (Wildman–Crippen MR) is 148 cm³/mol. The Kier molecular flexibility index (Phi) is 7.10. The normalized spacial score (nSPS) is 22.9. The molecule has 1 saturated carbocycles. The van der Waals surface area contributed by atoms with E-state index in [9.17, 15) is 4.79 Å². The van der Waals surface area contributed by atoms with Crippen molar-refractivity contribution in [1.29, 1.82) is 0 Å². The second kappa shape index (κ2) is 10.4. The first kappa shape index (κ1) is 24.5. The number of rotatable bonds is 5. The summed E-state index contributed by atoms with van der Waals surface area (Å²) in [6.07, 6.45) is 8.28. The number of para-hydroxylation sites is 1. The quantitative estimate of drug-likeness (QED) is 0.454. The van der Waals surface area contributed by atoms with E-state index >= 15 is 0 Å². The summed E-state index contributed by atoms with van der Waals surface area (Å²) >= 11 is 0. The first-order chi connectivity index (χ1) is 17.5. The van der Waals surface area contributed by atoms with Gasteiger partial charge in [-0.2, -0.15) is 0 Å². The Morgan fingerprint density at radius 2 is 1.69 bits per heavy atom. The highest BCUT2D eigenvalue weighted by molar-refractivity contribution is 6.06. The lowest BCUT2D eigenvalue weighted by molar-refractivity contribution is 0.0299. The molecule has 1 aliphatic heterocycles. The van der Waals surface area contributed by atoms with Gasteiger partial charge in [-0.3, -0.25) is 14.7 Å². The molecule has 2 aromatic carbocycles. The molecule has 0 N–H and O–H groups in total. The van der Waals surface area contributed by atoms with E-state index in [-0.39, 0.29) is 11.4 Å². The number of aromatic nitrogens is 1. The summed E-state index contributed by atoms with van der Waals surface area (Å²) in [6, 6.07) is 21.3. The number of hydrogen-bond acceptors (Lipinski definition) is 4. The van der Waals surface area contributed by atoms with Crippen LogP contribution in [0, 0.1) is 12.8 Å². The van der Waals surface area contributed by atoms with Gasteiger partial charge in [0.2, 0.25) is 0 Å². The molecule has 188 valence electrons. The molecule has 5 rings (SSSR count). The molecule has 1 amide bonds. The van der Waals surface area contributed by atoms with Gasteiger partial charge < -0.3 is 9.80 Å². The highest BCUT2D eigenvalue weighted by Gasteiger charge is 2.42. The molecule has 0 bridgehead atoms. The van der Waals surface area contributed by atoms with Crippen molar-refractivity contribution in [3.63, 3.8) is 0 Å². The zero-order valence-corrected chi connectivity index (χ0v) is 21.9. The lowest BCUT2D eigenvalue weighted by atomic mass is 9.71. The molecular weight excluding hydrogens is 444 g/mol. The number of carbonyl (C=O) groups excluding carboxylic acids is 1. The zero-order chi connectivity index (χ0) is 25.1. The molecule has 1 aromatic heterocycles. The first-order valence-corrected chi connectivity index (χ1v) is 13.3. The van der Waals surface area contributed by atoms with Crippen LogP contribution in [-0.2, 0) is 5.54 Å². The van der Waals surface area contributed by atoms with Crippen LogP contribution in [0.1, 0.15) is 54.1 Å². The summed E-state index contributed by atoms with van der Waals surface area (Å²) in [5, 5.41) is 0. The summed E-state index contributed by atoms with van der Waals surface area (Å²) in [5.41, 5.74) is 5.26. The average molecular weight is 483 g/mol. The van der Waals surface area contributed by atoms with Crippen LogP contribution >= 0.6 is 0 Å². The number of aryl methyl sites for hydroxylation is 1. The van der Waals surface area contributed by atoms with Gasteiger partial charge in [-0.15, -0.1) is 0 Å². The number of benzene rings is 2. The van der Waals surface area contributed by atoms with Crippen molar-refractivity contribution in [1.82, 2.24) is 9.88 Å². The predicted octanol–water partition coefficient (Wildman–Crippen LogP) is 5.89. The Hall–Kier alpha value is -3.18. The van der Waals surface area contributed by atoms with Crippen molar-refractivity contribution in [2.24, 2.45) is 5.92 Å². The van der Waals surface area contributed by atoms with Crippen LogP contribution in [0.3, 0.4) is 0 Å². The van der Waals surface area contributed by atoms with Crippen LogP contribution in [0.15, 0.2) is 73.1 Å². The maximum Gasteiger partial charge on any atom is 0.258 e. The SMILES string of the molecule is Cc1cnccc1C(=O)N(C)c1cccc([C@]2(N3CCN(c4ccccc4)CC3)CC[C@H](C)CC2)c1. The van der Waals surface area contributed by atoms with Crippen LogP contribution in [-0.4, -0.2) is 49.0 Å². The van der Waals surface area contributed by atoms with Crippen molar-refractivity contribution >= 4 is 17.3 Å². The van der Waals surface area contributed by atoms with Gasteiger partial charge in [0.05, 0.1) is 0 Å². The summed E-state index contributed by atoms with van der Waals surface area (Å²) in [5.74, 6) is 0.778. The Bertz CT molecular complexity index is 1180. The number of pyridine rings is 1. The van der Waals surface area contributed by atoms with Crippen molar-refractivity contribution in [2.45, 2.75) is 45.1 Å². The Morgan fingerprint density at radius 3 is 2.39 bits per heavy atom. The second-order valence-electron chi connectivity index (χ2n) is 10.6. The molecule has 36 heavy (non-hydrogen) atoms. The number of amides is 1. The largest absolute Gasteiger partial charge is 0.369 e. The molecule has 5 nitrogen and oxygen atoms in total. The maximum absolute atomic E-state index is 13.3. The minimum absolute atomic E-state index is 0.00911. The zero-order valence-electron chi connectivity index (χ0n) is 21.9. The highest BCUT2D eigenvalue weighted by Crippen LogP contribution is 2.45. The minimum Gasteiger partial charge on any atom is -0.369 e. The molecule has 0 radical (unpaired) electrons. The van der Waals surface area contributed by atoms with E-state index in [1.165, 1.54) is 36.9 Å². The molecule has 0 spiro atoms. The Balaban J connectivity index is 1.41. The van der Waals surface area contributed by atoms with Crippen LogP contribution < -0.4 is 9.80 Å². The average Bonchev–Trinajstić information content (AvgIpc) is 2.94. The maximum atomic E-state index is 13.3. The fourth-order valence-corrected chi connectivity index (χ4v) is 6.07. The molecule has 0 atom stereocenters. The highest BCUT2D eigenvalue weighted by atomic mass is 16.2. The third kappa shape index (κ3) is 4.77. The lowest BCUT2D eigenvalue weighted by Gasteiger charge is -2.51. The van der Waals surface area contributed by atoms with E-state index in [1.807, 2.05) is 20.0 Å². The van der Waals surface area contributed by atoms with Gasteiger partial charge in [-0.25, -0.2) is 0 Å². The fraction of sp³-hybridized carbons (Fsp3) is 0.419. The monoisotopic (exact) mass is 482 g/mol. The molecule has 2 fully saturated rings. The van der Waals surface area contributed by atoms with E-state index in [0.717, 1.165) is 43.3 Å². The van der Waals surface area contributed by atoms with Gasteiger partial charge >= 0.3 is 0 Å². The van der Waals surface area contributed by atoms with Crippen LogP contribution in [0.25, 0.3) is 0 Å². The van der Waals surface area contributed by atoms with E-state index in [0.29, 0.717) is 5.56 Å². The third-order valence-corrected chi connectivity index (χ3v) is 8.43. The molecule has 1 aliphatic carbocycles. The van der Waals surface area contributed by atoms with Crippen molar-refractivity contribution in [3.05, 3.63) is 89.7 Å². The van der Waals surface area contributed by atoms with Crippen molar-refractivity contribution in [3.8, 4) is 0 Å². The third-order valence-electron chi connectivity index (χ3n) is 8.43. The van der Waals surface area contributed by atoms with Gasteiger partial charge in [0.1, 0.15) is 0 Å². The standard InChI is InChI=1S/C31H38N4O/c1-24-12-15-31(16-13-24,35-20-18-34(19-21-35)27-9-5-4-6-10-27)26-8-7-11-28(22-26)33(3)30(36)29-14-17-32-23-25(29)2/h4-11,14,17,22-24H,12-13,15-16,18-21H2,1-3H3/t24-,31-. The van der Waals surface area contributed by atoms with Crippen molar-refractivity contribution < 1.29 is 4.79 Å². The molecule has 2 aliphatic rings. The van der Waals surface area contributed by atoms with Gasteiger partial charge in [0.25, 0.3) is 5.91 Å². The van der Waals surface area contributed by atoms with E-state index in [2.05, 4.69) is 76.3 Å². The Morgan fingerprint density at radius 1 is 0.972 bits per heavy atom. The molecule has 1 saturated heterocycles. The summed E-state index contributed by atoms with van der Waals surface area (Å²) in [4.78, 5) is 24.5. The number of hydrogen-bond donors (Lipinski definition) is 0. The van der Waals surface area contributed by atoms with Gasteiger partial charge in [-0.1, -0.05) is 37.3 Å². The van der Waals surface area contributed by atoms with Gasteiger partial charge in [0, 0.05) is 68.1 Å². The van der Waals surface area contributed by atoms with Crippen LogP contribution in [0.4, 0.5) is 11.4 Å². The van der Waals surface area contributed by atoms with E-state index < -0.39 is 0 Å². The fourth-order valence-electron chi connectivity index (χ4n) is 6.07. The molecular formula is C31H38N4O. The van der Waals surface area contributed by atoms with E-state index in [4.69, 9.17) is 0 Å². The molecule has 2 heterocycles. The lowest BCUT2D eigenvalue weighted by Crippen LogP contribution is -2.56. The second-order valence-corrected chi connectivity index (χ2v) is 10.6. The minimum atomic E-state index is 0.00911. The van der Waals surface area contributed by atoms with Crippen molar-refractivity contribution in [2.75, 3.05) is 43.0 Å². The molecule has 3 aromatic rings. The van der Waals surface area contributed by atoms with Crippen LogP contribution in [0.5, 0.6) is 0 Å². The molecule has 0 unspecified atom stereocenters. The number of anilines is 2. The van der Waals surface area contributed by atoms with Gasteiger partial charge in [0.15, 0.2) is 0 Å². The summed E-state index contributed by atoms with van der Waals surface area (Å²) in [6.45, 7) is 8.52. The van der Waals surface area contributed by atoms with Crippen LogP contribution in [0.2, 0.25) is 0 Å². The number of nitrogens with zero attached hydrogens (tertiary/aromatic N) is 4. The molecule has 5 heteroatoms. The first-order valence-electron chi connectivity index (χ1n) is 13.3. The van der Waals surface area contributed by atoms with E-state index in [1.54, 1.807) is 17.3 Å². The topological polar surface area (TPSA) is 39.7 Å². The number of piperazine rings is 1. The summed E-state index contributed by atoms with van der Waals surface area (Å²) < 4.78 is 0. The number of carbonyl (C=O) groups is 1. The Labute approximate surface area is 215 Å². The van der Waals surface area contributed by atoms with Gasteiger partial charge in [-0.05, 0) is 80.0 Å². The smallest absolute Gasteiger partial charge is 0.258 e.